The lowest BCUT2D eigenvalue weighted by atomic mass is 10.0. The van der Waals surface area contributed by atoms with Crippen molar-refractivity contribution in [1.29, 1.82) is 5.26 Å². The van der Waals surface area contributed by atoms with E-state index in [0.29, 0.717) is 6.07 Å². The zero-order chi connectivity index (χ0) is 16.3. The normalized spacial score (nSPS) is 16.7. The van der Waals surface area contributed by atoms with Gasteiger partial charge in [-0.05, 0) is 6.08 Å². The summed E-state index contributed by atoms with van der Waals surface area (Å²) in [6.45, 7) is 0. The smallest absolute Gasteiger partial charge is 0.349 e. The molecule has 1 N–H and O–H groups in total. The molecule has 0 saturated carbocycles. The number of alkyl halides is 8. The summed E-state index contributed by atoms with van der Waals surface area (Å²) in [5.41, 5.74) is -1.67. The molecule has 2 unspecified atom stereocenters. The summed E-state index contributed by atoms with van der Waals surface area (Å²) in [6, 6.07) is 0.709. The van der Waals surface area contributed by atoms with Crippen molar-refractivity contribution in [3.63, 3.8) is 0 Å². The van der Waals surface area contributed by atoms with Gasteiger partial charge in [0.05, 0.1) is 0 Å². The van der Waals surface area contributed by atoms with E-state index < -0.39 is 48.2 Å². The van der Waals surface area contributed by atoms with E-state index in [2.05, 4.69) is 0 Å². The van der Waals surface area contributed by atoms with Crippen LogP contribution in [0.2, 0.25) is 0 Å². The van der Waals surface area contributed by atoms with Crippen molar-refractivity contribution in [2.45, 2.75) is 30.6 Å². The van der Waals surface area contributed by atoms with Gasteiger partial charge in [-0.3, -0.25) is 0 Å². The summed E-state index contributed by atoms with van der Waals surface area (Å²) in [5.74, 6) is -14.3. The number of nitrogens with zero attached hydrogens (tertiary/aromatic N) is 1. The van der Waals surface area contributed by atoms with Crippen molar-refractivity contribution in [2.24, 2.45) is 0 Å². The van der Waals surface area contributed by atoms with Gasteiger partial charge in [0.15, 0.2) is 6.17 Å². The van der Waals surface area contributed by atoms with Crippen LogP contribution in [0, 0.1) is 11.3 Å². The molecule has 0 aliphatic heterocycles. The Morgan fingerprint density at radius 2 is 1.55 bits per heavy atom. The van der Waals surface area contributed by atoms with Crippen molar-refractivity contribution in [1.82, 2.24) is 0 Å². The van der Waals surface area contributed by atoms with Crippen LogP contribution < -0.4 is 0 Å². The van der Waals surface area contributed by atoms with Crippen LogP contribution in [0.3, 0.4) is 0 Å². The van der Waals surface area contributed by atoms with Gasteiger partial charge in [0.2, 0.25) is 6.17 Å². The Kier molecular flexibility index (Phi) is 5.50. The molecule has 0 aromatic heterocycles. The van der Waals surface area contributed by atoms with Crippen LogP contribution in [0.25, 0.3) is 0 Å². The molecule has 0 amide bonds. The Labute approximate surface area is 106 Å². The number of nitriles is 1. The minimum Gasteiger partial charge on any atom is -0.477 e. The van der Waals surface area contributed by atoms with E-state index in [0.717, 1.165) is 0 Å². The zero-order valence-electron chi connectivity index (χ0n) is 9.14. The number of aliphatic carboxylic acids is 1. The van der Waals surface area contributed by atoms with Gasteiger partial charge in [-0.25, -0.2) is 22.4 Å². The Bertz CT molecular complexity index is 442. The van der Waals surface area contributed by atoms with Crippen LogP contribution in [0.1, 0.15) is 0 Å². The number of allylic oxidation sites excluding steroid dienone is 1. The molecule has 0 rings (SSSR count). The van der Waals surface area contributed by atoms with E-state index in [1.165, 1.54) is 0 Å². The average Bonchev–Trinajstić information content (AvgIpc) is 2.33. The molecule has 3 nitrogen and oxygen atoms in total. The maximum Gasteiger partial charge on any atom is 0.349 e. The zero-order valence-corrected chi connectivity index (χ0v) is 9.14. The van der Waals surface area contributed by atoms with E-state index >= 15 is 0 Å². The fourth-order valence-electron chi connectivity index (χ4n) is 0.933. The van der Waals surface area contributed by atoms with Crippen LogP contribution in [-0.2, 0) is 4.79 Å². The summed E-state index contributed by atoms with van der Waals surface area (Å²) >= 11 is 0. The molecule has 0 saturated heterocycles. The molecule has 0 bridgehead atoms. The third-order valence-electron chi connectivity index (χ3n) is 2.02. The Morgan fingerprint density at radius 1 is 1.10 bits per heavy atom. The maximum atomic E-state index is 13.0. The molecule has 20 heavy (non-hydrogen) atoms. The van der Waals surface area contributed by atoms with E-state index in [1.807, 2.05) is 0 Å². The molecule has 0 heterocycles. The third kappa shape index (κ3) is 3.37. The van der Waals surface area contributed by atoms with Gasteiger partial charge in [0, 0.05) is 0 Å². The standard InChI is InChI=1S/C9H5F8NO2/c10-4(1-3(2-18)7(19)20)8(14,15)9(16,17)5(11)6(12)13/h1,4-6H,(H,19,20). The number of rotatable bonds is 6. The first-order valence-electron chi connectivity index (χ1n) is 4.56. The molecule has 0 aliphatic carbocycles. The van der Waals surface area contributed by atoms with Gasteiger partial charge >= 0.3 is 17.8 Å². The summed E-state index contributed by atoms with van der Waals surface area (Å²) in [7, 11) is 0. The first kappa shape index (κ1) is 18.1. The quantitative estimate of drug-likeness (QED) is 0.466. The van der Waals surface area contributed by atoms with Crippen LogP contribution in [-0.4, -0.2) is 41.7 Å². The third-order valence-corrected chi connectivity index (χ3v) is 2.02. The lowest BCUT2D eigenvalue weighted by Gasteiger charge is -2.29. The summed E-state index contributed by atoms with van der Waals surface area (Å²) in [4.78, 5) is 10.2. The molecule has 0 aliphatic rings. The van der Waals surface area contributed by atoms with E-state index in [1.54, 1.807) is 0 Å². The van der Waals surface area contributed by atoms with Gasteiger partial charge in [-0.15, -0.1) is 0 Å². The second-order valence-electron chi connectivity index (χ2n) is 3.38. The van der Waals surface area contributed by atoms with Crippen molar-refractivity contribution < 1.29 is 45.0 Å². The second-order valence-corrected chi connectivity index (χ2v) is 3.38. The predicted molar refractivity (Wildman–Crippen MR) is 47.0 cm³/mol. The van der Waals surface area contributed by atoms with Crippen LogP contribution in [0.5, 0.6) is 0 Å². The summed E-state index contributed by atoms with van der Waals surface area (Å²) in [5, 5.41) is 16.3. The average molecular weight is 311 g/mol. The first-order valence-corrected chi connectivity index (χ1v) is 4.56. The van der Waals surface area contributed by atoms with E-state index in [4.69, 9.17) is 10.4 Å². The number of hydrogen-bond donors (Lipinski definition) is 1. The number of halogens is 8. The van der Waals surface area contributed by atoms with Gasteiger partial charge in [0.1, 0.15) is 11.6 Å². The largest absolute Gasteiger partial charge is 0.477 e. The van der Waals surface area contributed by atoms with E-state index in [9.17, 15) is 39.9 Å². The number of carboxylic acids is 1. The van der Waals surface area contributed by atoms with E-state index in [-0.39, 0.29) is 0 Å². The van der Waals surface area contributed by atoms with Crippen molar-refractivity contribution >= 4 is 5.97 Å². The van der Waals surface area contributed by atoms with Gasteiger partial charge in [-0.1, -0.05) is 0 Å². The molecule has 114 valence electrons. The van der Waals surface area contributed by atoms with Crippen LogP contribution in [0.15, 0.2) is 11.6 Å². The number of carbonyl (C=O) groups is 1. The van der Waals surface area contributed by atoms with Crippen molar-refractivity contribution in [3.05, 3.63) is 11.6 Å². The number of carboxylic acid groups (broad SMARTS) is 1. The van der Waals surface area contributed by atoms with Gasteiger partial charge in [-0.2, -0.15) is 22.8 Å². The lowest BCUT2D eigenvalue weighted by molar-refractivity contribution is -0.272. The highest BCUT2D eigenvalue weighted by molar-refractivity contribution is 5.91. The number of hydrogen-bond acceptors (Lipinski definition) is 2. The molecule has 2 atom stereocenters. The van der Waals surface area contributed by atoms with Crippen molar-refractivity contribution in [2.75, 3.05) is 0 Å². The van der Waals surface area contributed by atoms with Crippen LogP contribution >= 0.6 is 0 Å². The van der Waals surface area contributed by atoms with Crippen molar-refractivity contribution in [3.8, 4) is 6.07 Å². The molecule has 0 spiro atoms. The predicted octanol–water partition coefficient (Wildman–Crippen LogP) is 2.73. The summed E-state index contributed by atoms with van der Waals surface area (Å²) < 4.78 is 100. The van der Waals surface area contributed by atoms with Crippen LogP contribution in [0.4, 0.5) is 35.1 Å². The second kappa shape index (κ2) is 6.06. The minimum atomic E-state index is -6.10. The molecule has 0 fully saturated rings. The maximum absolute atomic E-state index is 13.0. The highest BCUT2D eigenvalue weighted by Crippen LogP contribution is 2.44. The van der Waals surface area contributed by atoms with Gasteiger partial charge in [0.25, 0.3) is 6.43 Å². The fraction of sp³-hybridized carbons (Fsp3) is 0.556. The van der Waals surface area contributed by atoms with Gasteiger partial charge < -0.3 is 5.11 Å². The Balaban J connectivity index is 5.53. The topological polar surface area (TPSA) is 61.1 Å². The molecule has 0 aromatic carbocycles. The molecule has 0 aromatic rings. The minimum absolute atomic E-state index is 0.709. The highest BCUT2D eigenvalue weighted by Gasteiger charge is 2.68. The fourth-order valence-corrected chi connectivity index (χ4v) is 0.933. The Hall–Kier alpha value is -1.86. The molecule has 0 radical (unpaired) electrons. The molecular formula is C9H5F8NO2. The first-order chi connectivity index (χ1) is 8.89. The summed E-state index contributed by atoms with van der Waals surface area (Å²) in [6.07, 6.45) is -14.0. The lowest BCUT2D eigenvalue weighted by Crippen LogP contribution is -2.55. The monoisotopic (exact) mass is 311 g/mol. The molecule has 11 heteroatoms. The SMILES string of the molecule is N#CC(=CC(F)C(F)(F)C(F)(F)C(F)C(F)F)C(=O)O. The molecular weight excluding hydrogens is 306 g/mol. The highest BCUT2D eigenvalue weighted by atomic mass is 19.3. The Morgan fingerprint density at radius 3 is 1.85 bits per heavy atom.